The molecule has 25 heavy (non-hydrogen) atoms. The van der Waals surface area contributed by atoms with Crippen LogP contribution in [-0.4, -0.2) is 32.5 Å². The van der Waals surface area contributed by atoms with Gasteiger partial charge in [0.1, 0.15) is 5.82 Å². The molecule has 0 spiro atoms. The van der Waals surface area contributed by atoms with Gasteiger partial charge < -0.3 is 9.42 Å². The van der Waals surface area contributed by atoms with Crippen LogP contribution >= 0.6 is 0 Å². The summed E-state index contributed by atoms with van der Waals surface area (Å²) >= 11 is 0. The number of pyridine rings is 1. The lowest BCUT2D eigenvalue weighted by Gasteiger charge is -2.16. The first-order chi connectivity index (χ1) is 12.2. The van der Waals surface area contributed by atoms with E-state index in [1.54, 1.807) is 41.6 Å². The minimum atomic E-state index is -0.287. The number of amides is 1. The Morgan fingerprint density at radius 3 is 2.68 bits per heavy atom. The molecule has 0 bridgehead atoms. The van der Waals surface area contributed by atoms with E-state index in [0.717, 1.165) is 11.1 Å². The lowest BCUT2D eigenvalue weighted by atomic mass is 10.1. The number of aromatic nitrogens is 3. The summed E-state index contributed by atoms with van der Waals surface area (Å²) in [7, 11) is 0. The fourth-order valence-electron chi connectivity index (χ4n) is 2.92. The van der Waals surface area contributed by atoms with Crippen molar-refractivity contribution >= 4 is 5.91 Å². The minimum absolute atomic E-state index is 0.0320. The molecule has 0 N–H and O–H groups in total. The molecule has 4 rings (SSSR count). The number of benzene rings is 1. The molecule has 0 aliphatic carbocycles. The molecular formula is C18H15FN4O2. The second-order valence-electron chi connectivity index (χ2n) is 6.00. The molecule has 0 unspecified atom stereocenters. The molecule has 1 atom stereocenters. The zero-order valence-corrected chi connectivity index (χ0v) is 13.3. The highest BCUT2D eigenvalue weighted by Crippen LogP contribution is 2.29. The van der Waals surface area contributed by atoms with Crippen molar-refractivity contribution in [3.63, 3.8) is 0 Å². The Kier molecular flexibility index (Phi) is 3.97. The van der Waals surface area contributed by atoms with Crippen molar-refractivity contribution in [2.24, 2.45) is 0 Å². The molecular weight excluding hydrogens is 323 g/mol. The van der Waals surface area contributed by atoms with Crippen LogP contribution in [0.4, 0.5) is 4.39 Å². The molecule has 0 radical (unpaired) electrons. The predicted octanol–water partition coefficient (Wildman–Crippen LogP) is 2.79. The van der Waals surface area contributed by atoms with Crippen LogP contribution in [0, 0.1) is 5.82 Å². The molecule has 2 aromatic heterocycles. The van der Waals surface area contributed by atoms with E-state index in [0.29, 0.717) is 31.2 Å². The molecule has 7 heteroatoms. The molecule has 6 nitrogen and oxygen atoms in total. The molecule has 1 saturated heterocycles. The highest BCUT2D eigenvalue weighted by molar-refractivity contribution is 5.79. The summed E-state index contributed by atoms with van der Waals surface area (Å²) in [6, 6.07) is 9.74. The molecule has 1 amide bonds. The number of likely N-dealkylation sites (tertiary alicyclic amines) is 1. The van der Waals surface area contributed by atoms with E-state index in [9.17, 15) is 9.18 Å². The lowest BCUT2D eigenvalue weighted by Crippen LogP contribution is -2.24. The SMILES string of the molecule is O=C1C[C@@H](c2noc(-c3ccncc3)n2)CN1Cc1ccc(F)cc1. The zero-order chi connectivity index (χ0) is 17.2. The van der Waals surface area contributed by atoms with E-state index in [1.807, 2.05) is 0 Å². The van der Waals surface area contributed by atoms with Gasteiger partial charge in [-0.15, -0.1) is 0 Å². The Hall–Kier alpha value is -3.09. The van der Waals surface area contributed by atoms with Gasteiger partial charge in [-0.1, -0.05) is 17.3 Å². The van der Waals surface area contributed by atoms with E-state index in [4.69, 9.17) is 4.52 Å². The van der Waals surface area contributed by atoms with Crippen LogP contribution in [0.2, 0.25) is 0 Å². The normalized spacial score (nSPS) is 17.2. The zero-order valence-electron chi connectivity index (χ0n) is 13.3. The summed E-state index contributed by atoms with van der Waals surface area (Å²) in [6.45, 7) is 0.968. The first-order valence-corrected chi connectivity index (χ1v) is 7.95. The number of carbonyl (C=O) groups excluding carboxylic acids is 1. The first-order valence-electron chi connectivity index (χ1n) is 7.95. The van der Waals surface area contributed by atoms with Crippen molar-refractivity contribution in [3.05, 3.63) is 66.0 Å². The van der Waals surface area contributed by atoms with Gasteiger partial charge in [0.25, 0.3) is 5.89 Å². The fraction of sp³-hybridized carbons (Fsp3) is 0.222. The van der Waals surface area contributed by atoms with Crippen LogP contribution in [0.5, 0.6) is 0 Å². The molecule has 1 aliphatic heterocycles. The Morgan fingerprint density at radius 1 is 1.16 bits per heavy atom. The van der Waals surface area contributed by atoms with Crippen LogP contribution in [0.15, 0.2) is 53.3 Å². The number of halogens is 1. The maximum absolute atomic E-state index is 13.0. The average molecular weight is 338 g/mol. The Bertz CT molecular complexity index is 880. The van der Waals surface area contributed by atoms with Gasteiger partial charge in [0, 0.05) is 43.4 Å². The fourth-order valence-corrected chi connectivity index (χ4v) is 2.92. The lowest BCUT2D eigenvalue weighted by molar-refractivity contribution is -0.128. The van der Waals surface area contributed by atoms with Crippen molar-refractivity contribution in [1.82, 2.24) is 20.0 Å². The van der Waals surface area contributed by atoms with Crippen LogP contribution < -0.4 is 0 Å². The van der Waals surface area contributed by atoms with Crippen molar-refractivity contribution < 1.29 is 13.7 Å². The second-order valence-corrected chi connectivity index (χ2v) is 6.00. The van der Waals surface area contributed by atoms with Crippen LogP contribution in [-0.2, 0) is 11.3 Å². The summed E-state index contributed by atoms with van der Waals surface area (Å²) in [5.74, 6) is 0.588. The summed E-state index contributed by atoms with van der Waals surface area (Å²) in [6.07, 6.45) is 3.65. The number of rotatable bonds is 4. The van der Waals surface area contributed by atoms with Gasteiger partial charge in [0.2, 0.25) is 5.91 Å². The second kappa shape index (κ2) is 6.43. The quantitative estimate of drug-likeness (QED) is 0.731. The first kappa shape index (κ1) is 15.4. The number of hydrogen-bond acceptors (Lipinski definition) is 5. The van der Waals surface area contributed by atoms with Gasteiger partial charge >= 0.3 is 0 Å². The summed E-state index contributed by atoms with van der Waals surface area (Å²) in [4.78, 5) is 22.4. The Labute approximate surface area is 143 Å². The molecule has 0 saturated carbocycles. The van der Waals surface area contributed by atoms with Gasteiger partial charge in [-0.25, -0.2) is 4.39 Å². The van der Waals surface area contributed by atoms with Gasteiger partial charge in [0.15, 0.2) is 5.82 Å². The molecule has 126 valence electrons. The third kappa shape index (κ3) is 3.26. The third-order valence-corrected chi connectivity index (χ3v) is 4.24. The van der Waals surface area contributed by atoms with E-state index in [2.05, 4.69) is 15.1 Å². The van der Waals surface area contributed by atoms with E-state index in [-0.39, 0.29) is 17.6 Å². The van der Waals surface area contributed by atoms with E-state index in [1.165, 1.54) is 12.1 Å². The minimum Gasteiger partial charge on any atom is -0.338 e. The molecule has 1 fully saturated rings. The van der Waals surface area contributed by atoms with Gasteiger partial charge in [0.05, 0.1) is 0 Å². The monoisotopic (exact) mass is 338 g/mol. The topological polar surface area (TPSA) is 72.1 Å². The molecule has 1 aliphatic rings. The summed E-state index contributed by atoms with van der Waals surface area (Å²) < 4.78 is 18.3. The van der Waals surface area contributed by atoms with Gasteiger partial charge in [-0.05, 0) is 29.8 Å². The summed E-state index contributed by atoms with van der Waals surface area (Å²) in [5, 5.41) is 4.03. The number of nitrogens with zero attached hydrogens (tertiary/aromatic N) is 4. The molecule has 3 aromatic rings. The van der Waals surface area contributed by atoms with Crippen LogP contribution in [0.25, 0.3) is 11.5 Å². The van der Waals surface area contributed by atoms with Gasteiger partial charge in [-0.3, -0.25) is 9.78 Å². The highest BCUT2D eigenvalue weighted by Gasteiger charge is 2.33. The number of carbonyl (C=O) groups is 1. The van der Waals surface area contributed by atoms with Crippen molar-refractivity contribution in [1.29, 1.82) is 0 Å². The largest absolute Gasteiger partial charge is 0.338 e. The third-order valence-electron chi connectivity index (χ3n) is 4.24. The van der Waals surface area contributed by atoms with Crippen molar-refractivity contribution in [2.75, 3.05) is 6.54 Å². The highest BCUT2D eigenvalue weighted by atomic mass is 19.1. The maximum atomic E-state index is 13.0. The smallest absolute Gasteiger partial charge is 0.258 e. The molecule has 1 aromatic carbocycles. The average Bonchev–Trinajstić information content (AvgIpc) is 3.25. The predicted molar refractivity (Wildman–Crippen MR) is 86.7 cm³/mol. The van der Waals surface area contributed by atoms with Crippen LogP contribution in [0.1, 0.15) is 23.7 Å². The van der Waals surface area contributed by atoms with Crippen LogP contribution in [0.3, 0.4) is 0 Å². The van der Waals surface area contributed by atoms with E-state index < -0.39 is 0 Å². The standard InChI is InChI=1S/C18H15FN4O2/c19-15-3-1-12(2-4-15)10-23-11-14(9-16(23)24)17-21-18(25-22-17)13-5-7-20-8-6-13/h1-8,14H,9-11H2/t14-/m1/s1. The summed E-state index contributed by atoms with van der Waals surface area (Å²) in [5.41, 5.74) is 1.68. The maximum Gasteiger partial charge on any atom is 0.258 e. The number of hydrogen-bond donors (Lipinski definition) is 0. The molecule has 3 heterocycles. The van der Waals surface area contributed by atoms with Crippen molar-refractivity contribution in [3.8, 4) is 11.5 Å². The Balaban J connectivity index is 1.47. The Morgan fingerprint density at radius 2 is 1.92 bits per heavy atom. The van der Waals surface area contributed by atoms with Crippen molar-refractivity contribution in [2.45, 2.75) is 18.9 Å². The van der Waals surface area contributed by atoms with Gasteiger partial charge in [-0.2, -0.15) is 4.98 Å². The van der Waals surface area contributed by atoms with E-state index >= 15 is 0 Å².